The van der Waals surface area contributed by atoms with Gasteiger partial charge in [0.1, 0.15) is 0 Å². The number of likely N-dealkylation sites (tertiary alicyclic amines) is 1. The lowest BCUT2D eigenvalue weighted by Crippen LogP contribution is -2.47. The molecule has 0 spiro atoms. The van der Waals surface area contributed by atoms with Crippen LogP contribution in [0.5, 0.6) is 0 Å². The van der Waals surface area contributed by atoms with Gasteiger partial charge >= 0.3 is 0 Å². The van der Waals surface area contributed by atoms with Gasteiger partial charge < -0.3 is 15.5 Å². The van der Waals surface area contributed by atoms with Crippen LogP contribution in [-0.4, -0.2) is 43.5 Å². The second kappa shape index (κ2) is 6.57. The van der Waals surface area contributed by atoms with Gasteiger partial charge in [0, 0.05) is 30.9 Å². The van der Waals surface area contributed by atoms with Crippen molar-refractivity contribution in [3.05, 3.63) is 29.8 Å². The first-order valence-electron chi connectivity index (χ1n) is 7.04. The van der Waals surface area contributed by atoms with Gasteiger partial charge in [-0.2, -0.15) is 0 Å². The van der Waals surface area contributed by atoms with Gasteiger partial charge in [-0.3, -0.25) is 4.79 Å². The summed E-state index contributed by atoms with van der Waals surface area (Å²) >= 11 is 0. The molecule has 0 radical (unpaired) electrons. The number of carbonyl (C=O) groups excluding carboxylic acids is 1. The predicted molar refractivity (Wildman–Crippen MR) is 78.6 cm³/mol. The fraction of sp³-hybridized carbons (Fsp3) is 0.533. The molecule has 0 aliphatic carbocycles. The lowest BCUT2D eigenvalue weighted by atomic mass is 10.1. The zero-order valence-corrected chi connectivity index (χ0v) is 11.8. The van der Waals surface area contributed by atoms with E-state index in [1.54, 1.807) is 0 Å². The van der Waals surface area contributed by atoms with Crippen LogP contribution in [0.15, 0.2) is 24.3 Å². The summed E-state index contributed by atoms with van der Waals surface area (Å²) in [5.41, 5.74) is 1.75. The third-order valence-corrected chi connectivity index (χ3v) is 3.72. The number of carbonyl (C=O) groups is 1. The number of hydrogen-bond donors (Lipinski definition) is 2. The van der Waals surface area contributed by atoms with Gasteiger partial charge in [0.2, 0.25) is 0 Å². The molecular formula is C15H23N3O. The number of anilines is 1. The number of rotatable bonds is 4. The Morgan fingerprint density at radius 2 is 2.11 bits per heavy atom. The SMILES string of the molecule is CCN1CCCC(NC(=O)c2ccc(NC)cc2)C1. The molecular weight excluding hydrogens is 238 g/mol. The summed E-state index contributed by atoms with van der Waals surface area (Å²) in [5, 5.41) is 6.19. The summed E-state index contributed by atoms with van der Waals surface area (Å²) in [6.07, 6.45) is 2.24. The second-order valence-electron chi connectivity index (χ2n) is 5.03. The zero-order valence-electron chi connectivity index (χ0n) is 11.8. The van der Waals surface area contributed by atoms with E-state index in [9.17, 15) is 4.79 Å². The summed E-state index contributed by atoms with van der Waals surface area (Å²) in [6.45, 7) is 5.35. The van der Waals surface area contributed by atoms with Crippen LogP contribution >= 0.6 is 0 Å². The molecule has 1 aliphatic rings. The number of piperidine rings is 1. The Morgan fingerprint density at radius 3 is 2.74 bits per heavy atom. The Kier molecular flexibility index (Phi) is 4.80. The van der Waals surface area contributed by atoms with E-state index in [1.165, 1.54) is 0 Å². The monoisotopic (exact) mass is 261 g/mol. The standard InChI is InChI=1S/C15H23N3O/c1-3-18-10-4-5-14(11-18)17-15(19)12-6-8-13(16-2)9-7-12/h6-9,14,16H,3-5,10-11H2,1-2H3,(H,17,19). The number of likely N-dealkylation sites (N-methyl/N-ethyl adjacent to an activating group) is 1. The van der Waals surface area contributed by atoms with Crippen molar-refractivity contribution < 1.29 is 4.79 Å². The van der Waals surface area contributed by atoms with Crippen molar-refractivity contribution in [1.29, 1.82) is 0 Å². The highest BCUT2D eigenvalue weighted by atomic mass is 16.1. The zero-order chi connectivity index (χ0) is 13.7. The highest BCUT2D eigenvalue weighted by molar-refractivity contribution is 5.94. The molecule has 1 saturated heterocycles. The van der Waals surface area contributed by atoms with E-state index in [0.29, 0.717) is 0 Å². The van der Waals surface area contributed by atoms with Crippen molar-refractivity contribution in [2.45, 2.75) is 25.8 Å². The molecule has 2 rings (SSSR count). The van der Waals surface area contributed by atoms with E-state index >= 15 is 0 Å². The Hall–Kier alpha value is -1.55. The average Bonchev–Trinajstić information content (AvgIpc) is 2.47. The summed E-state index contributed by atoms with van der Waals surface area (Å²) in [5.74, 6) is 0.0330. The molecule has 2 N–H and O–H groups in total. The summed E-state index contributed by atoms with van der Waals surface area (Å²) in [7, 11) is 1.87. The lowest BCUT2D eigenvalue weighted by molar-refractivity contribution is 0.0906. The second-order valence-corrected chi connectivity index (χ2v) is 5.03. The van der Waals surface area contributed by atoms with Crippen molar-refractivity contribution in [2.75, 3.05) is 32.0 Å². The molecule has 1 aliphatic heterocycles. The Balaban J connectivity index is 1.92. The summed E-state index contributed by atoms with van der Waals surface area (Å²) < 4.78 is 0. The van der Waals surface area contributed by atoms with E-state index in [-0.39, 0.29) is 11.9 Å². The smallest absolute Gasteiger partial charge is 0.251 e. The van der Waals surface area contributed by atoms with Crippen LogP contribution in [0.1, 0.15) is 30.1 Å². The molecule has 1 amide bonds. The van der Waals surface area contributed by atoms with Gasteiger partial charge in [-0.05, 0) is 50.2 Å². The molecule has 1 unspecified atom stereocenters. The van der Waals surface area contributed by atoms with Gasteiger partial charge in [-0.25, -0.2) is 0 Å². The third kappa shape index (κ3) is 3.70. The highest BCUT2D eigenvalue weighted by Crippen LogP contribution is 2.12. The van der Waals surface area contributed by atoms with Crippen LogP contribution in [0, 0.1) is 0 Å². The molecule has 19 heavy (non-hydrogen) atoms. The van der Waals surface area contributed by atoms with Crippen molar-refractivity contribution in [3.8, 4) is 0 Å². The number of hydrogen-bond acceptors (Lipinski definition) is 3. The first-order valence-corrected chi connectivity index (χ1v) is 7.04. The van der Waals surface area contributed by atoms with Crippen LogP contribution in [0.25, 0.3) is 0 Å². The third-order valence-electron chi connectivity index (χ3n) is 3.72. The van der Waals surface area contributed by atoms with E-state index in [2.05, 4.69) is 22.5 Å². The van der Waals surface area contributed by atoms with Gasteiger partial charge in [0.15, 0.2) is 0 Å². The summed E-state index contributed by atoms with van der Waals surface area (Å²) in [4.78, 5) is 14.5. The Bertz CT molecular complexity index is 416. The lowest BCUT2D eigenvalue weighted by Gasteiger charge is -2.32. The number of benzene rings is 1. The van der Waals surface area contributed by atoms with Gasteiger partial charge in [-0.1, -0.05) is 6.92 Å². The molecule has 0 bridgehead atoms. The van der Waals surface area contributed by atoms with Crippen molar-refractivity contribution in [3.63, 3.8) is 0 Å². The molecule has 1 aromatic carbocycles. The maximum atomic E-state index is 12.2. The van der Waals surface area contributed by atoms with Gasteiger partial charge in [-0.15, -0.1) is 0 Å². The topological polar surface area (TPSA) is 44.4 Å². The maximum absolute atomic E-state index is 12.2. The average molecular weight is 261 g/mol. The molecule has 104 valence electrons. The number of amides is 1. The normalized spacial score (nSPS) is 20.0. The van der Waals surface area contributed by atoms with Crippen LogP contribution < -0.4 is 10.6 Å². The quantitative estimate of drug-likeness (QED) is 0.870. The molecule has 1 heterocycles. The Morgan fingerprint density at radius 1 is 1.37 bits per heavy atom. The minimum Gasteiger partial charge on any atom is -0.388 e. The van der Waals surface area contributed by atoms with Crippen LogP contribution in [0.3, 0.4) is 0 Å². The van der Waals surface area contributed by atoms with Crippen LogP contribution in [0.4, 0.5) is 5.69 Å². The number of nitrogens with zero attached hydrogens (tertiary/aromatic N) is 1. The van der Waals surface area contributed by atoms with E-state index in [4.69, 9.17) is 0 Å². The molecule has 1 fully saturated rings. The first kappa shape index (κ1) is 13.9. The van der Waals surface area contributed by atoms with E-state index < -0.39 is 0 Å². The molecule has 4 heteroatoms. The molecule has 1 atom stereocenters. The first-order chi connectivity index (χ1) is 9.22. The van der Waals surface area contributed by atoms with Gasteiger partial charge in [0.05, 0.1) is 0 Å². The maximum Gasteiger partial charge on any atom is 0.251 e. The van der Waals surface area contributed by atoms with E-state index in [0.717, 1.165) is 43.7 Å². The molecule has 0 aromatic heterocycles. The summed E-state index contributed by atoms with van der Waals surface area (Å²) in [6, 6.07) is 7.86. The Labute approximate surface area is 115 Å². The fourth-order valence-corrected chi connectivity index (χ4v) is 2.52. The minimum atomic E-state index is 0.0330. The van der Waals surface area contributed by atoms with Crippen LogP contribution in [-0.2, 0) is 0 Å². The largest absolute Gasteiger partial charge is 0.388 e. The molecule has 1 aromatic rings. The van der Waals surface area contributed by atoms with Crippen molar-refractivity contribution in [2.24, 2.45) is 0 Å². The molecule has 4 nitrogen and oxygen atoms in total. The minimum absolute atomic E-state index is 0.0330. The fourth-order valence-electron chi connectivity index (χ4n) is 2.52. The molecule has 0 saturated carbocycles. The van der Waals surface area contributed by atoms with Gasteiger partial charge in [0.25, 0.3) is 5.91 Å². The van der Waals surface area contributed by atoms with Crippen molar-refractivity contribution >= 4 is 11.6 Å². The number of nitrogens with one attached hydrogen (secondary N) is 2. The van der Waals surface area contributed by atoms with Crippen LogP contribution in [0.2, 0.25) is 0 Å². The van der Waals surface area contributed by atoms with E-state index in [1.807, 2.05) is 31.3 Å². The predicted octanol–water partition coefficient (Wildman–Crippen LogP) is 1.94. The highest BCUT2D eigenvalue weighted by Gasteiger charge is 2.20. The van der Waals surface area contributed by atoms with Crippen molar-refractivity contribution in [1.82, 2.24) is 10.2 Å².